The molecule has 1 aliphatic heterocycles. The number of imide groups is 1. The number of amides is 2. The van der Waals surface area contributed by atoms with E-state index in [1.54, 1.807) is 38.1 Å². The fraction of sp³-hybridized carbons (Fsp3) is 0.261. The van der Waals surface area contributed by atoms with Gasteiger partial charge in [0.15, 0.2) is 11.5 Å². The number of carbonyl (C=O) groups is 3. The molecule has 0 unspecified atom stereocenters. The maximum atomic E-state index is 12.7. The monoisotopic (exact) mass is 601 g/mol. The molecular weight excluding hydrogens is 581 g/mol. The van der Waals surface area contributed by atoms with Crippen LogP contribution < -0.4 is 9.47 Å². The number of methoxy groups -OCH3 is 1. The van der Waals surface area contributed by atoms with Crippen molar-refractivity contribution < 1.29 is 28.6 Å². The zero-order valence-electron chi connectivity index (χ0n) is 18.1. The molecule has 0 spiro atoms. The van der Waals surface area contributed by atoms with Crippen molar-refractivity contribution in [2.45, 2.75) is 26.6 Å². The molecular formula is C23H21ClINO6S. The molecule has 0 atom stereocenters. The Kier molecular flexibility index (Phi) is 8.66. The molecule has 0 N–H and O–H groups in total. The van der Waals surface area contributed by atoms with Crippen LogP contribution in [-0.4, -0.2) is 41.8 Å². The van der Waals surface area contributed by atoms with Gasteiger partial charge in [0.25, 0.3) is 11.1 Å². The number of nitrogens with zero attached hydrogens (tertiary/aromatic N) is 1. The summed E-state index contributed by atoms with van der Waals surface area (Å²) in [5.74, 6) is -0.119. The number of hydrogen-bond acceptors (Lipinski definition) is 7. The third-order valence-electron chi connectivity index (χ3n) is 4.37. The molecule has 0 aromatic heterocycles. The quantitative estimate of drug-likeness (QED) is 0.224. The van der Waals surface area contributed by atoms with Crippen LogP contribution in [0.15, 0.2) is 41.3 Å². The Morgan fingerprint density at radius 2 is 1.91 bits per heavy atom. The van der Waals surface area contributed by atoms with Crippen LogP contribution in [0.5, 0.6) is 11.5 Å². The van der Waals surface area contributed by atoms with Crippen molar-refractivity contribution in [3.8, 4) is 11.5 Å². The van der Waals surface area contributed by atoms with Gasteiger partial charge in [0, 0.05) is 5.02 Å². The normalized spacial score (nSPS) is 14.8. The van der Waals surface area contributed by atoms with Gasteiger partial charge in [-0.15, -0.1) is 0 Å². The van der Waals surface area contributed by atoms with Crippen molar-refractivity contribution >= 4 is 69.1 Å². The summed E-state index contributed by atoms with van der Waals surface area (Å²) in [6.07, 6.45) is 1.26. The number of rotatable bonds is 8. The summed E-state index contributed by atoms with van der Waals surface area (Å²) >= 11 is 8.82. The molecule has 1 heterocycles. The highest BCUT2D eigenvalue weighted by molar-refractivity contribution is 14.1. The summed E-state index contributed by atoms with van der Waals surface area (Å²) in [4.78, 5) is 37.9. The Balaban J connectivity index is 1.77. The van der Waals surface area contributed by atoms with Crippen molar-refractivity contribution in [3.05, 3.63) is 61.0 Å². The predicted octanol–water partition coefficient (Wildman–Crippen LogP) is 5.52. The van der Waals surface area contributed by atoms with Crippen molar-refractivity contribution in [2.75, 3.05) is 13.7 Å². The first kappa shape index (κ1) is 25.4. The molecule has 10 heteroatoms. The lowest BCUT2D eigenvalue weighted by Crippen LogP contribution is -2.35. The first-order valence-corrected chi connectivity index (χ1v) is 12.1. The van der Waals surface area contributed by atoms with Crippen LogP contribution in [0.25, 0.3) is 6.08 Å². The number of ether oxygens (including phenoxy) is 3. The number of carbonyl (C=O) groups excluding carboxylic acids is 3. The number of benzene rings is 2. The first-order chi connectivity index (χ1) is 15.7. The first-order valence-electron chi connectivity index (χ1n) is 9.87. The fourth-order valence-electron chi connectivity index (χ4n) is 2.92. The van der Waals surface area contributed by atoms with E-state index in [0.29, 0.717) is 28.7 Å². The number of esters is 1. The third-order valence-corrected chi connectivity index (χ3v) is 6.33. The minimum Gasteiger partial charge on any atom is -0.493 e. The Bertz CT molecular complexity index is 1100. The van der Waals surface area contributed by atoms with Crippen LogP contribution in [0.2, 0.25) is 5.02 Å². The molecule has 0 saturated carbocycles. The molecule has 1 saturated heterocycles. The smallest absolute Gasteiger partial charge is 0.326 e. The lowest BCUT2D eigenvalue weighted by molar-refractivity contribution is -0.149. The summed E-state index contributed by atoms with van der Waals surface area (Å²) in [5, 5.41) is 0.132. The number of halogens is 2. The van der Waals surface area contributed by atoms with Gasteiger partial charge < -0.3 is 14.2 Å². The van der Waals surface area contributed by atoms with Crippen LogP contribution in [-0.2, 0) is 20.9 Å². The van der Waals surface area contributed by atoms with E-state index in [1.807, 2.05) is 18.2 Å². The summed E-state index contributed by atoms with van der Waals surface area (Å²) in [5.41, 5.74) is 1.61. The minimum absolute atomic E-state index is 0.213. The Hall–Kier alpha value is -2.24. The van der Waals surface area contributed by atoms with Crippen LogP contribution in [0, 0.1) is 3.57 Å². The fourth-order valence-corrected chi connectivity index (χ4v) is 4.66. The van der Waals surface area contributed by atoms with Gasteiger partial charge in [-0.05, 0) is 89.7 Å². The Labute approximate surface area is 214 Å². The van der Waals surface area contributed by atoms with Crippen molar-refractivity contribution in [3.63, 3.8) is 0 Å². The lowest BCUT2D eigenvalue weighted by Gasteiger charge is -2.14. The van der Waals surface area contributed by atoms with E-state index in [2.05, 4.69) is 22.6 Å². The van der Waals surface area contributed by atoms with E-state index in [-0.39, 0.29) is 11.0 Å². The zero-order valence-corrected chi connectivity index (χ0v) is 21.8. The van der Waals surface area contributed by atoms with Crippen LogP contribution >= 0.6 is 46.0 Å². The molecule has 174 valence electrons. The summed E-state index contributed by atoms with van der Waals surface area (Å²) in [7, 11) is 1.53. The molecule has 33 heavy (non-hydrogen) atoms. The van der Waals surface area contributed by atoms with Gasteiger partial charge in [-0.3, -0.25) is 19.3 Å². The second-order valence-corrected chi connectivity index (χ2v) is 9.85. The second kappa shape index (κ2) is 11.3. The highest BCUT2D eigenvalue weighted by Gasteiger charge is 2.36. The Morgan fingerprint density at radius 1 is 1.21 bits per heavy atom. The molecule has 0 bridgehead atoms. The van der Waals surface area contributed by atoms with E-state index in [9.17, 15) is 14.4 Å². The van der Waals surface area contributed by atoms with Gasteiger partial charge >= 0.3 is 5.97 Å². The summed E-state index contributed by atoms with van der Waals surface area (Å²) < 4.78 is 17.2. The molecule has 2 amide bonds. The van der Waals surface area contributed by atoms with E-state index in [4.69, 9.17) is 25.8 Å². The largest absolute Gasteiger partial charge is 0.493 e. The molecule has 2 aromatic carbocycles. The SMILES string of the molecule is COc1cc(/C=C2\SC(=O)N(CC(=O)OC(C)C)C2=O)cc(I)c1OCc1ccc(Cl)cc1. The van der Waals surface area contributed by atoms with E-state index in [0.717, 1.165) is 25.8 Å². The molecule has 0 radical (unpaired) electrons. The average molecular weight is 602 g/mol. The highest BCUT2D eigenvalue weighted by Crippen LogP contribution is 2.37. The Morgan fingerprint density at radius 3 is 2.55 bits per heavy atom. The lowest BCUT2D eigenvalue weighted by atomic mass is 10.1. The molecule has 2 aromatic rings. The molecule has 7 nitrogen and oxygen atoms in total. The van der Waals surface area contributed by atoms with Crippen LogP contribution in [0.3, 0.4) is 0 Å². The average Bonchev–Trinajstić information content (AvgIpc) is 3.00. The van der Waals surface area contributed by atoms with Gasteiger partial charge in [-0.2, -0.15) is 0 Å². The zero-order chi connectivity index (χ0) is 24.1. The molecule has 1 aliphatic rings. The number of thioether (sulfide) groups is 1. The minimum atomic E-state index is -0.632. The van der Waals surface area contributed by atoms with E-state index >= 15 is 0 Å². The second-order valence-electron chi connectivity index (χ2n) is 7.26. The topological polar surface area (TPSA) is 82.1 Å². The van der Waals surface area contributed by atoms with Gasteiger partial charge in [0.1, 0.15) is 13.2 Å². The van der Waals surface area contributed by atoms with E-state index < -0.39 is 23.7 Å². The van der Waals surface area contributed by atoms with Crippen molar-refractivity contribution in [1.82, 2.24) is 4.90 Å². The van der Waals surface area contributed by atoms with Crippen molar-refractivity contribution in [1.29, 1.82) is 0 Å². The van der Waals surface area contributed by atoms with Gasteiger partial charge in [-0.1, -0.05) is 23.7 Å². The highest BCUT2D eigenvalue weighted by atomic mass is 127. The maximum Gasteiger partial charge on any atom is 0.326 e. The summed E-state index contributed by atoms with van der Waals surface area (Å²) in [6.45, 7) is 3.31. The van der Waals surface area contributed by atoms with Gasteiger partial charge in [0.2, 0.25) is 0 Å². The van der Waals surface area contributed by atoms with Crippen LogP contribution in [0.4, 0.5) is 4.79 Å². The van der Waals surface area contributed by atoms with Crippen molar-refractivity contribution in [2.24, 2.45) is 0 Å². The maximum absolute atomic E-state index is 12.7. The van der Waals surface area contributed by atoms with Gasteiger partial charge in [0.05, 0.1) is 21.7 Å². The molecule has 3 rings (SSSR count). The molecule has 0 aliphatic carbocycles. The predicted molar refractivity (Wildman–Crippen MR) is 135 cm³/mol. The standard InChI is InChI=1S/C23H21ClINO6S/c1-13(2)32-20(27)11-26-22(28)19(33-23(26)29)10-15-8-17(25)21(18(9-15)30-3)31-12-14-4-6-16(24)7-5-14/h4-10,13H,11-12H2,1-3H3/b19-10-. The summed E-state index contributed by atoms with van der Waals surface area (Å²) in [6, 6.07) is 10.9. The number of hydrogen-bond donors (Lipinski definition) is 0. The third kappa shape index (κ3) is 6.64. The van der Waals surface area contributed by atoms with Crippen LogP contribution in [0.1, 0.15) is 25.0 Å². The molecule has 1 fully saturated rings. The van der Waals surface area contributed by atoms with Gasteiger partial charge in [-0.25, -0.2) is 0 Å². The van der Waals surface area contributed by atoms with E-state index in [1.165, 1.54) is 7.11 Å².